The molecule has 1 amide bonds. The first-order valence-corrected chi connectivity index (χ1v) is 11.9. The van der Waals surface area contributed by atoms with Crippen LogP contribution in [0.3, 0.4) is 0 Å². The highest BCUT2D eigenvalue weighted by molar-refractivity contribution is 7.09. The topological polar surface area (TPSA) is 74.5 Å². The number of carbonyl (C=O) groups is 1. The molecule has 1 aromatic carbocycles. The van der Waals surface area contributed by atoms with Crippen LogP contribution < -0.4 is 5.32 Å². The summed E-state index contributed by atoms with van der Waals surface area (Å²) in [7, 11) is 0. The van der Waals surface area contributed by atoms with Crippen molar-refractivity contribution in [1.82, 2.24) is 25.3 Å². The van der Waals surface area contributed by atoms with Crippen LogP contribution in [0.2, 0.25) is 0 Å². The molecule has 1 fully saturated rings. The summed E-state index contributed by atoms with van der Waals surface area (Å²) >= 11 is 1.68. The van der Waals surface area contributed by atoms with Crippen molar-refractivity contribution in [3.05, 3.63) is 58.1 Å². The average Bonchev–Trinajstić information content (AvgIpc) is 3.51. The molecule has 34 heavy (non-hydrogen) atoms. The van der Waals surface area contributed by atoms with E-state index in [0.717, 1.165) is 31.6 Å². The Bertz CT molecular complexity index is 1080. The minimum Gasteiger partial charge on any atom is -0.355 e. The molecule has 3 heterocycles. The van der Waals surface area contributed by atoms with Crippen molar-refractivity contribution >= 4 is 17.2 Å². The fourth-order valence-electron chi connectivity index (χ4n) is 3.86. The first kappa shape index (κ1) is 24.4. The molecule has 0 spiro atoms. The Hall–Kier alpha value is -2.76. The number of thiophene rings is 1. The zero-order valence-corrected chi connectivity index (χ0v) is 19.5. The van der Waals surface area contributed by atoms with Crippen molar-refractivity contribution in [2.75, 3.05) is 39.3 Å². The molecular weight excluding hydrogens is 467 g/mol. The average molecular weight is 494 g/mol. The van der Waals surface area contributed by atoms with Crippen molar-refractivity contribution in [2.24, 2.45) is 0 Å². The smallest absolute Gasteiger partial charge is 0.355 e. The highest BCUT2D eigenvalue weighted by Gasteiger charge is 2.31. The number of hydrogen-bond donors (Lipinski definition) is 1. The predicted octanol–water partition coefficient (Wildman–Crippen LogP) is 3.85. The molecule has 1 N–H and O–H groups in total. The van der Waals surface area contributed by atoms with E-state index in [9.17, 15) is 18.0 Å². The number of amides is 1. The monoisotopic (exact) mass is 493 g/mol. The minimum atomic E-state index is -4.43. The molecule has 0 radical (unpaired) electrons. The maximum atomic E-state index is 13.0. The van der Waals surface area contributed by atoms with E-state index in [-0.39, 0.29) is 23.3 Å². The summed E-state index contributed by atoms with van der Waals surface area (Å²) in [6.45, 7) is 5.77. The maximum absolute atomic E-state index is 13.0. The molecule has 1 aliphatic rings. The molecule has 7 nitrogen and oxygen atoms in total. The van der Waals surface area contributed by atoms with E-state index in [0.29, 0.717) is 32.1 Å². The normalized spacial score (nSPS) is 16.5. The van der Waals surface area contributed by atoms with E-state index in [4.69, 9.17) is 4.52 Å². The van der Waals surface area contributed by atoms with Gasteiger partial charge in [-0.05, 0) is 36.9 Å². The van der Waals surface area contributed by atoms with Crippen LogP contribution in [-0.2, 0) is 17.4 Å². The van der Waals surface area contributed by atoms with Crippen LogP contribution in [0, 0.1) is 0 Å². The number of halogens is 3. The molecule has 1 atom stereocenters. The number of piperazine rings is 1. The predicted molar refractivity (Wildman–Crippen MR) is 122 cm³/mol. The second-order valence-corrected chi connectivity index (χ2v) is 9.23. The number of benzene rings is 1. The summed E-state index contributed by atoms with van der Waals surface area (Å²) in [4.78, 5) is 22.1. The van der Waals surface area contributed by atoms with Crippen LogP contribution in [0.5, 0.6) is 0 Å². The third-order valence-electron chi connectivity index (χ3n) is 5.84. The van der Waals surface area contributed by atoms with Crippen LogP contribution in [-0.4, -0.2) is 65.1 Å². The van der Waals surface area contributed by atoms with Crippen molar-refractivity contribution in [3.63, 3.8) is 0 Å². The SMILES string of the molecule is C[C@H](c1nc(-c2cccc(C(F)(F)F)c2)no1)N1CCN(CC(=O)NCCc2cccs2)CC1. The number of hydrogen-bond acceptors (Lipinski definition) is 7. The van der Waals surface area contributed by atoms with E-state index in [1.165, 1.54) is 17.0 Å². The number of aromatic nitrogens is 2. The van der Waals surface area contributed by atoms with Gasteiger partial charge in [-0.1, -0.05) is 23.4 Å². The second kappa shape index (κ2) is 10.7. The van der Waals surface area contributed by atoms with E-state index >= 15 is 0 Å². The van der Waals surface area contributed by atoms with Gasteiger partial charge in [-0.3, -0.25) is 14.6 Å². The third-order valence-corrected chi connectivity index (χ3v) is 6.78. The molecule has 3 aromatic rings. The molecular formula is C23H26F3N5O2S. The van der Waals surface area contributed by atoms with Gasteiger partial charge >= 0.3 is 6.18 Å². The Morgan fingerprint density at radius 2 is 2.00 bits per heavy atom. The molecule has 0 unspecified atom stereocenters. The molecule has 4 rings (SSSR count). The third kappa shape index (κ3) is 6.22. The molecule has 11 heteroatoms. The lowest BCUT2D eigenvalue weighted by Crippen LogP contribution is -2.50. The quantitative estimate of drug-likeness (QED) is 0.514. The van der Waals surface area contributed by atoms with Gasteiger partial charge in [0.05, 0.1) is 18.2 Å². The summed E-state index contributed by atoms with van der Waals surface area (Å²) in [5.74, 6) is 0.499. The van der Waals surface area contributed by atoms with Gasteiger partial charge in [-0.25, -0.2) is 0 Å². The van der Waals surface area contributed by atoms with E-state index in [1.807, 2.05) is 18.4 Å². The largest absolute Gasteiger partial charge is 0.416 e. The second-order valence-electron chi connectivity index (χ2n) is 8.20. The lowest BCUT2D eigenvalue weighted by molar-refractivity contribution is -0.137. The van der Waals surface area contributed by atoms with Crippen LogP contribution in [0.15, 0.2) is 46.3 Å². The molecule has 182 valence electrons. The summed E-state index contributed by atoms with van der Waals surface area (Å²) in [6.07, 6.45) is -3.60. The summed E-state index contributed by atoms with van der Waals surface area (Å²) < 4.78 is 44.3. The highest BCUT2D eigenvalue weighted by Crippen LogP contribution is 2.32. The van der Waals surface area contributed by atoms with Crippen LogP contribution in [0.4, 0.5) is 13.2 Å². The van der Waals surface area contributed by atoms with Gasteiger partial charge in [-0.15, -0.1) is 11.3 Å². The molecule has 0 bridgehead atoms. The molecule has 1 aliphatic heterocycles. The van der Waals surface area contributed by atoms with Crippen molar-refractivity contribution in [2.45, 2.75) is 25.6 Å². The Balaban J connectivity index is 1.26. The zero-order valence-electron chi connectivity index (χ0n) is 18.7. The van der Waals surface area contributed by atoms with Gasteiger partial charge in [-0.2, -0.15) is 18.2 Å². The number of nitrogens with one attached hydrogen (secondary N) is 1. The van der Waals surface area contributed by atoms with E-state index in [1.54, 1.807) is 11.3 Å². The van der Waals surface area contributed by atoms with Gasteiger partial charge in [0, 0.05) is 43.2 Å². The maximum Gasteiger partial charge on any atom is 0.416 e. The minimum absolute atomic E-state index is 0.0145. The van der Waals surface area contributed by atoms with E-state index < -0.39 is 11.7 Å². The fraction of sp³-hybridized carbons (Fsp3) is 0.435. The van der Waals surface area contributed by atoms with Gasteiger partial charge < -0.3 is 9.84 Å². The number of rotatable bonds is 8. The van der Waals surface area contributed by atoms with Gasteiger partial charge in [0.1, 0.15) is 0 Å². The molecule has 2 aromatic heterocycles. The molecule has 0 aliphatic carbocycles. The van der Waals surface area contributed by atoms with Crippen molar-refractivity contribution in [3.8, 4) is 11.4 Å². The van der Waals surface area contributed by atoms with Gasteiger partial charge in [0.15, 0.2) is 0 Å². The van der Waals surface area contributed by atoms with Crippen molar-refractivity contribution < 1.29 is 22.5 Å². The zero-order chi connectivity index (χ0) is 24.1. The van der Waals surface area contributed by atoms with E-state index in [2.05, 4.69) is 31.3 Å². The molecule has 1 saturated heterocycles. The van der Waals surface area contributed by atoms with Crippen LogP contribution >= 0.6 is 11.3 Å². The Morgan fingerprint density at radius 1 is 1.21 bits per heavy atom. The van der Waals surface area contributed by atoms with Gasteiger partial charge in [0.2, 0.25) is 17.6 Å². The summed E-state index contributed by atoms with van der Waals surface area (Å²) in [5.41, 5.74) is -0.497. The lowest BCUT2D eigenvalue weighted by atomic mass is 10.1. The number of alkyl halides is 3. The Morgan fingerprint density at radius 3 is 2.71 bits per heavy atom. The summed E-state index contributed by atoms with van der Waals surface area (Å²) in [5, 5.41) is 8.88. The number of carbonyl (C=O) groups excluding carboxylic acids is 1. The Labute approximate surface area is 199 Å². The van der Waals surface area contributed by atoms with Crippen LogP contribution in [0.25, 0.3) is 11.4 Å². The standard InChI is InChI=1S/C23H26F3N5O2S/c1-16(22-28-21(29-33-22)17-4-2-5-18(14-17)23(24,25)26)31-11-9-30(10-12-31)15-20(32)27-8-7-19-6-3-13-34-19/h2-6,13-14,16H,7-12,15H2,1H3,(H,27,32)/t16-/m1/s1. The number of nitrogens with zero attached hydrogens (tertiary/aromatic N) is 4. The van der Waals surface area contributed by atoms with Crippen LogP contribution in [0.1, 0.15) is 29.3 Å². The summed E-state index contributed by atoms with van der Waals surface area (Å²) in [6, 6.07) is 8.76. The van der Waals surface area contributed by atoms with Crippen molar-refractivity contribution in [1.29, 1.82) is 0 Å². The molecule has 0 saturated carbocycles. The van der Waals surface area contributed by atoms with Gasteiger partial charge in [0.25, 0.3) is 0 Å². The lowest BCUT2D eigenvalue weighted by Gasteiger charge is -2.36. The fourth-order valence-corrected chi connectivity index (χ4v) is 4.57. The highest BCUT2D eigenvalue weighted by atomic mass is 32.1. The first-order valence-electron chi connectivity index (χ1n) is 11.1. The Kier molecular flexibility index (Phi) is 7.64. The first-order chi connectivity index (χ1) is 16.3.